The fourth-order valence-electron chi connectivity index (χ4n) is 4.09. The molecule has 0 bridgehead atoms. The lowest BCUT2D eigenvalue weighted by Crippen LogP contribution is -2.37. The number of nitrogens with one attached hydrogen (secondary N) is 1. The normalized spacial score (nSPS) is 21.4. The summed E-state index contributed by atoms with van der Waals surface area (Å²) in [4.78, 5) is 50.0. The molecule has 3 rings (SSSR count). The molecule has 1 saturated carbocycles. The highest BCUT2D eigenvalue weighted by molar-refractivity contribution is 6.07. The lowest BCUT2D eigenvalue weighted by atomic mass is 9.81. The zero-order valence-electron chi connectivity index (χ0n) is 16.3. The standard InChI is InChI=1S/C21H26N2O5/c1-3-14-8-6-7-13(2)19(14)22-17(24)12-28-18(25)11-23-20(26)15-9-4-5-10-16(15)21(23)27/h6-8,15-16H,3-5,9-12H2,1-2H3,(H,22,24)/t15-,16-/m0/s1. The third kappa shape index (κ3) is 4.08. The molecule has 0 radical (unpaired) electrons. The number of hydrogen-bond acceptors (Lipinski definition) is 5. The van der Waals surface area contributed by atoms with Crippen molar-refractivity contribution >= 4 is 29.4 Å². The molecule has 7 heteroatoms. The zero-order valence-corrected chi connectivity index (χ0v) is 16.3. The maximum absolute atomic E-state index is 12.4. The summed E-state index contributed by atoms with van der Waals surface area (Å²) in [6.07, 6.45) is 4.01. The van der Waals surface area contributed by atoms with Crippen molar-refractivity contribution in [2.75, 3.05) is 18.5 Å². The molecular weight excluding hydrogens is 360 g/mol. The number of amides is 3. The molecule has 150 valence electrons. The Balaban J connectivity index is 1.53. The summed E-state index contributed by atoms with van der Waals surface area (Å²) in [7, 11) is 0. The largest absolute Gasteiger partial charge is 0.454 e. The molecule has 0 spiro atoms. The van der Waals surface area contributed by atoms with E-state index < -0.39 is 25.0 Å². The number of esters is 1. The molecule has 1 aromatic carbocycles. The first-order valence-electron chi connectivity index (χ1n) is 9.81. The molecule has 1 saturated heterocycles. The molecule has 1 aliphatic heterocycles. The van der Waals surface area contributed by atoms with Gasteiger partial charge in [0.25, 0.3) is 5.91 Å². The number of aryl methyl sites for hydroxylation is 2. The number of nitrogens with zero attached hydrogens (tertiary/aromatic N) is 1. The summed E-state index contributed by atoms with van der Waals surface area (Å²) in [5.74, 6) is -2.38. The fraction of sp³-hybridized carbons (Fsp3) is 0.524. The van der Waals surface area contributed by atoms with Crippen LogP contribution in [0.1, 0.15) is 43.7 Å². The second-order valence-corrected chi connectivity index (χ2v) is 7.43. The first-order chi connectivity index (χ1) is 13.4. The van der Waals surface area contributed by atoms with Crippen molar-refractivity contribution in [3.05, 3.63) is 29.3 Å². The Labute approximate surface area is 164 Å². The Morgan fingerprint density at radius 1 is 1.14 bits per heavy atom. The average molecular weight is 386 g/mol. The fourth-order valence-corrected chi connectivity index (χ4v) is 4.09. The van der Waals surface area contributed by atoms with E-state index in [9.17, 15) is 19.2 Å². The van der Waals surface area contributed by atoms with E-state index in [4.69, 9.17) is 4.74 Å². The van der Waals surface area contributed by atoms with E-state index in [2.05, 4.69) is 5.32 Å². The van der Waals surface area contributed by atoms with Gasteiger partial charge in [-0.2, -0.15) is 0 Å². The van der Waals surface area contributed by atoms with Gasteiger partial charge in [0.05, 0.1) is 11.8 Å². The molecule has 2 aliphatic rings. The lowest BCUT2D eigenvalue weighted by Gasteiger charge is -2.19. The Bertz CT molecular complexity index is 780. The topological polar surface area (TPSA) is 92.8 Å². The van der Waals surface area contributed by atoms with Crippen molar-refractivity contribution in [1.29, 1.82) is 0 Å². The van der Waals surface area contributed by atoms with Crippen LogP contribution in [0.3, 0.4) is 0 Å². The van der Waals surface area contributed by atoms with E-state index in [1.165, 1.54) is 0 Å². The van der Waals surface area contributed by atoms with Gasteiger partial charge in [-0.1, -0.05) is 38.0 Å². The van der Waals surface area contributed by atoms with Crippen molar-refractivity contribution in [1.82, 2.24) is 4.90 Å². The van der Waals surface area contributed by atoms with E-state index >= 15 is 0 Å². The van der Waals surface area contributed by atoms with Crippen molar-refractivity contribution in [2.24, 2.45) is 11.8 Å². The predicted octanol–water partition coefficient (Wildman–Crippen LogP) is 2.21. The number of para-hydroxylation sites is 1. The zero-order chi connectivity index (χ0) is 20.3. The number of likely N-dealkylation sites (tertiary alicyclic amines) is 1. The number of carbonyl (C=O) groups excluding carboxylic acids is 4. The van der Waals surface area contributed by atoms with Crippen LogP contribution in [0.15, 0.2) is 18.2 Å². The summed E-state index contributed by atoms with van der Waals surface area (Å²) >= 11 is 0. The van der Waals surface area contributed by atoms with Crippen LogP contribution >= 0.6 is 0 Å². The van der Waals surface area contributed by atoms with Gasteiger partial charge in [-0.3, -0.25) is 24.1 Å². The smallest absolute Gasteiger partial charge is 0.326 e. The first-order valence-corrected chi connectivity index (χ1v) is 9.81. The van der Waals surface area contributed by atoms with Gasteiger partial charge in [-0.25, -0.2) is 0 Å². The highest BCUT2D eigenvalue weighted by atomic mass is 16.5. The van der Waals surface area contributed by atoms with E-state index in [0.29, 0.717) is 12.8 Å². The molecule has 1 aliphatic carbocycles. The minimum atomic E-state index is -0.754. The second-order valence-electron chi connectivity index (χ2n) is 7.43. The SMILES string of the molecule is CCc1cccc(C)c1NC(=O)COC(=O)CN1C(=O)[C@H]2CCCC[C@@H]2C1=O. The quantitative estimate of drug-likeness (QED) is 0.598. The molecule has 1 aromatic rings. The van der Waals surface area contributed by atoms with E-state index in [0.717, 1.165) is 41.0 Å². The number of hydrogen-bond donors (Lipinski definition) is 1. The molecule has 1 heterocycles. The maximum Gasteiger partial charge on any atom is 0.326 e. The Kier molecular flexibility index (Phi) is 6.11. The Morgan fingerprint density at radius 3 is 2.39 bits per heavy atom. The van der Waals surface area contributed by atoms with Crippen LogP contribution in [0.4, 0.5) is 5.69 Å². The molecule has 0 unspecified atom stereocenters. The van der Waals surface area contributed by atoms with Crippen molar-refractivity contribution in [3.63, 3.8) is 0 Å². The number of anilines is 1. The van der Waals surface area contributed by atoms with Gasteiger partial charge in [-0.15, -0.1) is 0 Å². The second kappa shape index (κ2) is 8.54. The molecule has 7 nitrogen and oxygen atoms in total. The van der Waals surface area contributed by atoms with Crippen LogP contribution in [0, 0.1) is 18.8 Å². The summed E-state index contributed by atoms with van der Waals surface area (Å²) in [6.45, 7) is 3.00. The molecule has 2 fully saturated rings. The number of benzene rings is 1. The summed E-state index contributed by atoms with van der Waals surface area (Å²) in [6, 6.07) is 5.75. The maximum atomic E-state index is 12.4. The predicted molar refractivity (Wildman–Crippen MR) is 102 cm³/mol. The molecule has 1 N–H and O–H groups in total. The molecule has 2 atom stereocenters. The van der Waals surface area contributed by atoms with Gasteiger partial charge in [0, 0.05) is 5.69 Å². The van der Waals surface area contributed by atoms with Gasteiger partial charge in [0.1, 0.15) is 6.54 Å². The highest BCUT2D eigenvalue weighted by Gasteiger charge is 2.48. The van der Waals surface area contributed by atoms with E-state index in [1.54, 1.807) is 0 Å². The third-order valence-electron chi connectivity index (χ3n) is 5.59. The van der Waals surface area contributed by atoms with Gasteiger partial charge in [0.15, 0.2) is 6.61 Å². The third-order valence-corrected chi connectivity index (χ3v) is 5.59. The number of fused-ring (bicyclic) bond motifs is 1. The highest BCUT2D eigenvalue weighted by Crippen LogP contribution is 2.37. The van der Waals surface area contributed by atoms with E-state index in [1.807, 2.05) is 32.0 Å². The van der Waals surface area contributed by atoms with Crippen LogP contribution in [-0.2, 0) is 30.3 Å². The minimum absolute atomic E-state index is 0.288. The number of carbonyl (C=O) groups is 4. The van der Waals surface area contributed by atoms with E-state index in [-0.39, 0.29) is 23.7 Å². The number of rotatable bonds is 6. The van der Waals surface area contributed by atoms with Gasteiger partial charge < -0.3 is 10.1 Å². The van der Waals surface area contributed by atoms with Crippen LogP contribution in [0.25, 0.3) is 0 Å². The average Bonchev–Trinajstić information content (AvgIpc) is 2.93. The summed E-state index contributed by atoms with van der Waals surface area (Å²) < 4.78 is 5.00. The number of imide groups is 1. The summed E-state index contributed by atoms with van der Waals surface area (Å²) in [5, 5.41) is 2.77. The number of ether oxygens (including phenoxy) is 1. The van der Waals surface area contributed by atoms with Crippen molar-refractivity contribution in [3.8, 4) is 0 Å². The molecule has 0 aromatic heterocycles. The van der Waals surface area contributed by atoms with Gasteiger partial charge in [0.2, 0.25) is 11.8 Å². The van der Waals surface area contributed by atoms with Crippen LogP contribution in [-0.4, -0.2) is 41.7 Å². The molecule has 28 heavy (non-hydrogen) atoms. The lowest BCUT2D eigenvalue weighted by molar-refractivity contribution is -0.154. The van der Waals surface area contributed by atoms with Gasteiger partial charge in [-0.05, 0) is 37.3 Å². The monoisotopic (exact) mass is 386 g/mol. The summed E-state index contributed by atoms with van der Waals surface area (Å²) in [5.41, 5.74) is 2.64. The minimum Gasteiger partial charge on any atom is -0.454 e. The Hall–Kier alpha value is -2.70. The van der Waals surface area contributed by atoms with Gasteiger partial charge >= 0.3 is 5.97 Å². The van der Waals surface area contributed by atoms with Crippen LogP contribution in [0.5, 0.6) is 0 Å². The molecule has 3 amide bonds. The molecular formula is C21H26N2O5. The Morgan fingerprint density at radius 2 is 1.79 bits per heavy atom. The van der Waals surface area contributed by atoms with Crippen LogP contribution in [0.2, 0.25) is 0 Å². The van der Waals surface area contributed by atoms with Crippen molar-refractivity contribution in [2.45, 2.75) is 46.0 Å². The van der Waals surface area contributed by atoms with Crippen LogP contribution < -0.4 is 5.32 Å². The van der Waals surface area contributed by atoms with Crippen molar-refractivity contribution < 1.29 is 23.9 Å². The first kappa shape index (κ1) is 20.0.